The number of benzene rings is 1. The summed E-state index contributed by atoms with van der Waals surface area (Å²) in [6.45, 7) is 5.80. The van der Waals surface area contributed by atoms with Gasteiger partial charge in [0, 0.05) is 12.0 Å². The van der Waals surface area contributed by atoms with Crippen LogP contribution in [0.5, 0.6) is 0 Å². The Balaban J connectivity index is 3.07. The first kappa shape index (κ1) is 12.0. The van der Waals surface area contributed by atoms with Gasteiger partial charge in [-0.3, -0.25) is 0 Å². The maximum Gasteiger partial charge on any atom is 0.0991 e. The van der Waals surface area contributed by atoms with Gasteiger partial charge in [0.05, 0.1) is 11.6 Å². The smallest absolute Gasteiger partial charge is 0.0991 e. The third-order valence-electron chi connectivity index (χ3n) is 2.50. The molecule has 0 bridgehead atoms. The van der Waals surface area contributed by atoms with Gasteiger partial charge in [0.1, 0.15) is 0 Å². The Labute approximate surface area is 96.4 Å². The number of nitrogens with zero attached hydrogens (tertiary/aromatic N) is 1. The molecule has 1 unspecified atom stereocenters. The van der Waals surface area contributed by atoms with E-state index in [1.807, 2.05) is 19.1 Å². The number of terminal acetylenes is 1. The summed E-state index contributed by atoms with van der Waals surface area (Å²) in [5.41, 5.74) is 7.64. The molecule has 0 aliphatic heterocycles. The maximum atomic E-state index is 8.81. The molecule has 0 aliphatic carbocycles. The van der Waals surface area contributed by atoms with Crippen LogP contribution < -0.4 is 5.73 Å². The Hall–Kier alpha value is -2.03. The lowest BCUT2D eigenvalue weighted by Crippen LogP contribution is -2.36. The van der Waals surface area contributed by atoms with Gasteiger partial charge < -0.3 is 5.73 Å². The average molecular weight is 210 g/mol. The van der Waals surface area contributed by atoms with Crippen LogP contribution >= 0.6 is 0 Å². The zero-order chi connectivity index (χ0) is 12.2. The number of hydrogen-bond donors (Lipinski definition) is 1. The van der Waals surface area contributed by atoms with Gasteiger partial charge in [-0.05, 0) is 30.2 Å². The second-order valence-electron chi connectivity index (χ2n) is 3.97. The third-order valence-corrected chi connectivity index (χ3v) is 2.50. The molecule has 2 N–H and O–H groups in total. The molecule has 0 heterocycles. The van der Waals surface area contributed by atoms with Gasteiger partial charge >= 0.3 is 0 Å². The lowest BCUT2D eigenvalue weighted by atomic mass is 9.86. The summed E-state index contributed by atoms with van der Waals surface area (Å²) in [7, 11) is 0. The minimum atomic E-state index is -0.636. The minimum absolute atomic E-state index is 0.419. The second-order valence-corrected chi connectivity index (χ2v) is 3.97. The molecule has 1 aromatic rings. The largest absolute Gasteiger partial charge is 0.321 e. The minimum Gasteiger partial charge on any atom is -0.321 e. The van der Waals surface area contributed by atoms with Gasteiger partial charge in [0.2, 0.25) is 0 Å². The number of rotatable bonds is 3. The molecule has 2 heteroatoms. The molecule has 0 saturated heterocycles. The Morgan fingerprint density at radius 2 is 2.31 bits per heavy atom. The summed E-state index contributed by atoms with van der Waals surface area (Å²) >= 11 is 0. The van der Waals surface area contributed by atoms with Gasteiger partial charge in [0.25, 0.3) is 0 Å². The molecule has 80 valence electrons. The van der Waals surface area contributed by atoms with Crippen LogP contribution in [0.4, 0.5) is 0 Å². The Morgan fingerprint density at radius 1 is 1.62 bits per heavy atom. The van der Waals surface area contributed by atoms with E-state index >= 15 is 0 Å². The van der Waals surface area contributed by atoms with Crippen LogP contribution in [0.1, 0.15) is 24.5 Å². The summed E-state index contributed by atoms with van der Waals surface area (Å²) in [6, 6.07) is 9.28. The molecule has 1 aromatic carbocycles. The van der Waals surface area contributed by atoms with Gasteiger partial charge in [-0.1, -0.05) is 18.7 Å². The normalized spacial score (nSPS) is 13.2. The monoisotopic (exact) mass is 210 g/mol. The third kappa shape index (κ3) is 2.51. The van der Waals surface area contributed by atoms with E-state index in [2.05, 4.69) is 18.6 Å². The first-order chi connectivity index (χ1) is 7.51. The SMILES string of the molecule is C#CCC(C)(N)C(=C)c1cccc(C#N)c1. The van der Waals surface area contributed by atoms with Crippen molar-refractivity contribution in [2.75, 3.05) is 0 Å². The quantitative estimate of drug-likeness (QED) is 0.778. The molecular weight excluding hydrogens is 196 g/mol. The number of nitrogens with two attached hydrogens (primary N) is 1. The van der Waals surface area contributed by atoms with Crippen molar-refractivity contribution in [1.29, 1.82) is 5.26 Å². The van der Waals surface area contributed by atoms with Crippen molar-refractivity contribution in [2.24, 2.45) is 5.73 Å². The van der Waals surface area contributed by atoms with E-state index in [9.17, 15) is 0 Å². The fourth-order valence-corrected chi connectivity index (χ4v) is 1.42. The molecule has 16 heavy (non-hydrogen) atoms. The van der Waals surface area contributed by atoms with Crippen LogP contribution in [0.2, 0.25) is 0 Å². The first-order valence-electron chi connectivity index (χ1n) is 4.93. The number of hydrogen-bond acceptors (Lipinski definition) is 2. The molecule has 2 nitrogen and oxygen atoms in total. The summed E-state index contributed by atoms with van der Waals surface area (Å²) in [4.78, 5) is 0. The van der Waals surface area contributed by atoms with E-state index in [0.29, 0.717) is 12.0 Å². The predicted molar refractivity (Wildman–Crippen MR) is 66.2 cm³/mol. The van der Waals surface area contributed by atoms with Crippen molar-refractivity contribution < 1.29 is 0 Å². The topological polar surface area (TPSA) is 49.8 Å². The molecule has 1 atom stereocenters. The Bertz CT molecular complexity index is 484. The van der Waals surface area contributed by atoms with E-state index in [-0.39, 0.29) is 0 Å². The van der Waals surface area contributed by atoms with E-state index in [1.54, 1.807) is 12.1 Å². The highest BCUT2D eigenvalue weighted by molar-refractivity contribution is 5.71. The average Bonchev–Trinajstić information content (AvgIpc) is 2.28. The maximum absolute atomic E-state index is 8.81. The summed E-state index contributed by atoms with van der Waals surface area (Å²) < 4.78 is 0. The highest BCUT2D eigenvalue weighted by Crippen LogP contribution is 2.26. The predicted octanol–water partition coefficient (Wildman–Crippen LogP) is 2.31. The van der Waals surface area contributed by atoms with Crippen LogP contribution in [-0.2, 0) is 0 Å². The second kappa shape index (κ2) is 4.66. The van der Waals surface area contributed by atoms with Crippen LogP contribution in [0.3, 0.4) is 0 Å². The molecule has 0 saturated carbocycles. The van der Waals surface area contributed by atoms with E-state index in [0.717, 1.165) is 11.1 Å². The standard InChI is InChI=1S/C14H14N2/c1-4-8-14(3,16)11(2)13-7-5-6-12(9-13)10-15/h1,5-7,9H,2,8,16H2,3H3. The highest BCUT2D eigenvalue weighted by Gasteiger charge is 2.22. The van der Waals surface area contributed by atoms with E-state index < -0.39 is 5.54 Å². The van der Waals surface area contributed by atoms with Crippen molar-refractivity contribution in [1.82, 2.24) is 0 Å². The summed E-state index contributed by atoms with van der Waals surface area (Å²) in [5.74, 6) is 2.54. The van der Waals surface area contributed by atoms with Gasteiger partial charge in [-0.15, -0.1) is 12.3 Å². The van der Waals surface area contributed by atoms with E-state index in [1.165, 1.54) is 0 Å². The van der Waals surface area contributed by atoms with Crippen molar-refractivity contribution in [3.63, 3.8) is 0 Å². The first-order valence-corrected chi connectivity index (χ1v) is 4.93. The molecule has 1 rings (SSSR count). The lowest BCUT2D eigenvalue weighted by molar-refractivity contribution is 0.625. The van der Waals surface area contributed by atoms with Crippen molar-refractivity contribution >= 4 is 5.57 Å². The van der Waals surface area contributed by atoms with Crippen molar-refractivity contribution in [3.8, 4) is 18.4 Å². The lowest BCUT2D eigenvalue weighted by Gasteiger charge is -2.25. The Morgan fingerprint density at radius 3 is 2.88 bits per heavy atom. The molecular formula is C14H14N2. The fraction of sp³-hybridized carbons (Fsp3) is 0.214. The zero-order valence-corrected chi connectivity index (χ0v) is 9.33. The van der Waals surface area contributed by atoms with Crippen LogP contribution in [0.25, 0.3) is 5.57 Å². The molecule has 0 fully saturated rings. The van der Waals surface area contributed by atoms with Gasteiger partial charge in [-0.25, -0.2) is 0 Å². The van der Waals surface area contributed by atoms with E-state index in [4.69, 9.17) is 17.4 Å². The zero-order valence-electron chi connectivity index (χ0n) is 9.33. The molecule has 0 spiro atoms. The molecule has 0 aliphatic rings. The van der Waals surface area contributed by atoms with Gasteiger partial charge in [-0.2, -0.15) is 5.26 Å². The number of nitriles is 1. The van der Waals surface area contributed by atoms with Crippen LogP contribution in [0.15, 0.2) is 30.8 Å². The van der Waals surface area contributed by atoms with Crippen molar-refractivity contribution in [3.05, 3.63) is 42.0 Å². The molecule has 0 amide bonds. The fourth-order valence-electron chi connectivity index (χ4n) is 1.42. The highest BCUT2D eigenvalue weighted by atomic mass is 14.7. The summed E-state index contributed by atoms with van der Waals surface area (Å²) in [6.07, 6.45) is 5.68. The summed E-state index contributed by atoms with van der Waals surface area (Å²) in [5, 5.41) is 8.81. The molecule has 0 radical (unpaired) electrons. The molecule has 0 aromatic heterocycles. The van der Waals surface area contributed by atoms with Crippen molar-refractivity contribution in [2.45, 2.75) is 18.9 Å². The Kier molecular flexibility index (Phi) is 3.51. The van der Waals surface area contributed by atoms with Crippen LogP contribution in [-0.4, -0.2) is 5.54 Å². The van der Waals surface area contributed by atoms with Gasteiger partial charge in [0.15, 0.2) is 0 Å². The van der Waals surface area contributed by atoms with Crippen LogP contribution in [0, 0.1) is 23.7 Å².